The van der Waals surface area contributed by atoms with Gasteiger partial charge in [-0.2, -0.15) is 0 Å². The minimum Gasteiger partial charge on any atom is -0.337 e. The van der Waals surface area contributed by atoms with Crippen molar-refractivity contribution in [1.29, 1.82) is 0 Å². The summed E-state index contributed by atoms with van der Waals surface area (Å²) in [6, 6.07) is 12.5. The Morgan fingerprint density at radius 3 is 2.44 bits per heavy atom. The van der Waals surface area contributed by atoms with Gasteiger partial charge in [0.05, 0.1) is 5.56 Å². The largest absolute Gasteiger partial charge is 0.337 e. The lowest BCUT2D eigenvalue weighted by Crippen LogP contribution is -2.47. The molecule has 1 atom stereocenters. The molecule has 0 aliphatic carbocycles. The van der Waals surface area contributed by atoms with Crippen molar-refractivity contribution in [2.24, 2.45) is 0 Å². The lowest BCUT2D eigenvalue weighted by atomic mass is 9.96. The van der Waals surface area contributed by atoms with Crippen molar-refractivity contribution in [3.8, 4) is 0 Å². The first-order chi connectivity index (χ1) is 12.1. The van der Waals surface area contributed by atoms with Crippen molar-refractivity contribution in [3.63, 3.8) is 0 Å². The minimum atomic E-state index is -0.396. The van der Waals surface area contributed by atoms with E-state index in [1.165, 1.54) is 24.3 Å². The van der Waals surface area contributed by atoms with E-state index in [0.29, 0.717) is 29.8 Å². The van der Waals surface area contributed by atoms with Gasteiger partial charge in [-0.1, -0.05) is 18.2 Å². The van der Waals surface area contributed by atoms with Crippen LogP contribution in [0.5, 0.6) is 0 Å². The molecule has 1 saturated heterocycles. The molecule has 0 radical (unpaired) electrons. The predicted octanol–water partition coefficient (Wildman–Crippen LogP) is 2.88. The predicted molar refractivity (Wildman–Crippen MR) is 94.3 cm³/mol. The summed E-state index contributed by atoms with van der Waals surface area (Å²) in [7, 11) is 1.89. The number of piperidine rings is 1. The summed E-state index contributed by atoms with van der Waals surface area (Å²) < 4.78 is 13.1. The number of halogens is 1. The molecule has 0 spiro atoms. The van der Waals surface area contributed by atoms with Gasteiger partial charge in [-0.05, 0) is 50.2 Å². The number of amides is 1. The summed E-state index contributed by atoms with van der Waals surface area (Å²) in [4.78, 5) is 27.5. The van der Waals surface area contributed by atoms with Crippen LogP contribution in [0.15, 0.2) is 48.5 Å². The van der Waals surface area contributed by atoms with Crippen molar-refractivity contribution in [3.05, 3.63) is 71.0 Å². The lowest BCUT2D eigenvalue weighted by Gasteiger charge is -2.33. The van der Waals surface area contributed by atoms with E-state index in [4.69, 9.17) is 0 Å². The van der Waals surface area contributed by atoms with Crippen molar-refractivity contribution in [2.45, 2.75) is 18.9 Å². The van der Waals surface area contributed by atoms with Gasteiger partial charge in [0, 0.05) is 30.3 Å². The molecule has 1 N–H and O–H groups in total. The molecule has 2 aromatic carbocycles. The normalized spacial score (nSPS) is 17.4. The van der Waals surface area contributed by atoms with Gasteiger partial charge in [-0.15, -0.1) is 0 Å². The molecule has 1 aliphatic rings. The lowest BCUT2D eigenvalue weighted by molar-refractivity contribution is 0.0694. The zero-order valence-corrected chi connectivity index (χ0v) is 14.2. The molecule has 130 valence electrons. The number of hydrogen-bond donors (Lipinski definition) is 1. The van der Waals surface area contributed by atoms with Crippen LogP contribution in [0.1, 0.15) is 39.1 Å². The van der Waals surface area contributed by atoms with Gasteiger partial charge in [0.15, 0.2) is 5.78 Å². The van der Waals surface area contributed by atoms with E-state index < -0.39 is 5.82 Å². The molecule has 1 amide bonds. The third-order valence-corrected chi connectivity index (χ3v) is 4.63. The number of carbonyl (C=O) groups excluding carboxylic acids is 2. The molecular weight excluding hydrogens is 319 g/mol. The van der Waals surface area contributed by atoms with Gasteiger partial charge in [0.1, 0.15) is 5.82 Å². The molecule has 5 heteroatoms. The van der Waals surface area contributed by atoms with E-state index in [1.807, 2.05) is 7.05 Å². The van der Waals surface area contributed by atoms with Gasteiger partial charge < -0.3 is 10.2 Å². The molecule has 1 heterocycles. The SMILES string of the molecule is CN[C@H]1CCCN(C(=O)c2ccccc2C(=O)c2ccc(F)cc2)C1. The van der Waals surface area contributed by atoms with E-state index in [2.05, 4.69) is 5.32 Å². The molecule has 25 heavy (non-hydrogen) atoms. The van der Waals surface area contributed by atoms with Crippen molar-refractivity contribution in [2.75, 3.05) is 20.1 Å². The number of benzene rings is 2. The highest BCUT2D eigenvalue weighted by molar-refractivity contribution is 6.15. The molecule has 1 aliphatic heterocycles. The van der Waals surface area contributed by atoms with Gasteiger partial charge in [0.2, 0.25) is 0 Å². The second kappa shape index (κ2) is 7.57. The number of hydrogen-bond acceptors (Lipinski definition) is 3. The molecule has 0 unspecified atom stereocenters. The molecular formula is C20H21FN2O2. The fourth-order valence-corrected chi connectivity index (χ4v) is 3.19. The maximum Gasteiger partial charge on any atom is 0.254 e. The fraction of sp³-hybridized carbons (Fsp3) is 0.300. The van der Waals surface area contributed by atoms with E-state index >= 15 is 0 Å². The number of likely N-dealkylation sites (N-methyl/N-ethyl adjacent to an activating group) is 1. The van der Waals surface area contributed by atoms with E-state index in [0.717, 1.165) is 12.8 Å². The Bertz CT molecular complexity index is 774. The first-order valence-corrected chi connectivity index (χ1v) is 8.46. The van der Waals surface area contributed by atoms with Crippen LogP contribution in [0.4, 0.5) is 4.39 Å². The Morgan fingerprint density at radius 1 is 1.08 bits per heavy atom. The first kappa shape index (κ1) is 17.3. The molecule has 0 aromatic heterocycles. The Morgan fingerprint density at radius 2 is 1.76 bits per heavy atom. The number of likely N-dealkylation sites (tertiary alicyclic amines) is 1. The van der Waals surface area contributed by atoms with Crippen LogP contribution < -0.4 is 5.32 Å². The van der Waals surface area contributed by atoms with Gasteiger partial charge in [0.25, 0.3) is 5.91 Å². The molecule has 0 saturated carbocycles. The Kier molecular flexibility index (Phi) is 5.24. The standard InChI is InChI=1S/C20H21FN2O2/c1-22-16-5-4-12-23(13-16)20(25)18-7-3-2-6-17(18)19(24)14-8-10-15(21)11-9-14/h2-3,6-11,16,22H,4-5,12-13H2,1H3/t16-/m0/s1. The quantitative estimate of drug-likeness (QED) is 0.871. The third-order valence-electron chi connectivity index (χ3n) is 4.63. The van der Waals surface area contributed by atoms with Crippen molar-refractivity contribution >= 4 is 11.7 Å². The molecule has 1 fully saturated rings. The third kappa shape index (κ3) is 3.77. The van der Waals surface area contributed by atoms with E-state index in [-0.39, 0.29) is 17.7 Å². The van der Waals surface area contributed by atoms with Gasteiger partial charge >= 0.3 is 0 Å². The monoisotopic (exact) mass is 340 g/mol. The zero-order chi connectivity index (χ0) is 17.8. The number of ketones is 1. The molecule has 4 nitrogen and oxygen atoms in total. The fourth-order valence-electron chi connectivity index (χ4n) is 3.19. The highest BCUT2D eigenvalue weighted by Gasteiger charge is 2.26. The second-order valence-electron chi connectivity index (χ2n) is 6.26. The Labute approximate surface area is 146 Å². The van der Waals surface area contributed by atoms with Crippen molar-refractivity contribution < 1.29 is 14.0 Å². The highest BCUT2D eigenvalue weighted by atomic mass is 19.1. The molecule has 0 bridgehead atoms. The van der Waals surface area contributed by atoms with Crippen LogP contribution in [-0.4, -0.2) is 42.8 Å². The second-order valence-corrected chi connectivity index (χ2v) is 6.26. The van der Waals surface area contributed by atoms with Crippen molar-refractivity contribution in [1.82, 2.24) is 10.2 Å². The summed E-state index contributed by atoms with van der Waals surface area (Å²) in [5.41, 5.74) is 1.12. The molecule has 2 aromatic rings. The summed E-state index contributed by atoms with van der Waals surface area (Å²) in [6.07, 6.45) is 1.97. The Balaban J connectivity index is 1.89. The van der Waals surface area contributed by atoms with Crippen LogP contribution >= 0.6 is 0 Å². The Hall–Kier alpha value is -2.53. The van der Waals surface area contributed by atoms with Gasteiger partial charge in [-0.25, -0.2) is 4.39 Å². The van der Waals surface area contributed by atoms with Crippen LogP contribution in [0.25, 0.3) is 0 Å². The van der Waals surface area contributed by atoms with Crippen LogP contribution in [-0.2, 0) is 0 Å². The number of nitrogens with zero attached hydrogens (tertiary/aromatic N) is 1. The first-order valence-electron chi connectivity index (χ1n) is 8.46. The number of rotatable bonds is 4. The zero-order valence-electron chi connectivity index (χ0n) is 14.2. The van der Waals surface area contributed by atoms with Gasteiger partial charge in [-0.3, -0.25) is 9.59 Å². The maximum absolute atomic E-state index is 13.1. The topological polar surface area (TPSA) is 49.4 Å². The average Bonchev–Trinajstić information content (AvgIpc) is 2.67. The number of carbonyl (C=O) groups is 2. The number of nitrogens with one attached hydrogen (secondary N) is 1. The smallest absolute Gasteiger partial charge is 0.254 e. The summed E-state index contributed by atoms with van der Waals surface area (Å²) >= 11 is 0. The van der Waals surface area contributed by atoms with Crippen LogP contribution in [0, 0.1) is 5.82 Å². The van der Waals surface area contributed by atoms with E-state index in [1.54, 1.807) is 29.2 Å². The highest BCUT2D eigenvalue weighted by Crippen LogP contribution is 2.19. The van der Waals surface area contributed by atoms with E-state index in [9.17, 15) is 14.0 Å². The average molecular weight is 340 g/mol. The maximum atomic E-state index is 13.1. The summed E-state index contributed by atoms with van der Waals surface area (Å²) in [5, 5.41) is 3.21. The summed E-state index contributed by atoms with van der Waals surface area (Å²) in [6.45, 7) is 1.32. The molecule has 3 rings (SSSR count). The minimum absolute atomic E-state index is 0.133. The summed E-state index contributed by atoms with van der Waals surface area (Å²) in [5.74, 6) is -0.801. The van der Waals surface area contributed by atoms with Crippen LogP contribution in [0.2, 0.25) is 0 Å². The van der Waals surface area contributed by atoms with Crippen LogP contribution in [0.3, 0.4) is 0 Å².